The van der Waals surface area contributed by atoms with Gasteiger partial charge in [-0.05, 0) is 84.3 Å². The van der Waals surface area contributed by atoms with Gasteiger partial charge in [0, 0.05) is 54.2 Å². The van der Waals surface area contributed by atoms with Crippen LogP contribution in [0.25, 0.3) is 17.0 Å². The molecule has 5 rings (SSSR count). The van der Waals surface area contributed by atoms with E-state index < -0.39 is 5.91 Å². The molecule has 0 saturated heterocycles. The third-order valence-corrected chi connectivity index (χ3v) is 7.03. The van der Waals surface area contributed by atoms with Gasteiger partial charge in [0.2, 0.25) is 0 Å². The maximum Gasteiger partial charge on any atom is 0.267 e. The second kappa shape index (κ2) is 9.90. The highest BCUT2D eigenvalue weighted by atomic mass is 19.1. The predicted molar refractivity (Wildman–Crippen MR) is 134 cm³/mol. The Hall–Kier alpha value is -3.68. The Morgan fingerprint density at radius 3 is 2.89 bits per heavy atom. The van der Waals surface area contributed by atoms with Crippen molar-refractivity contribution in [2.75, 3.05) is 6.54 Å². The summed E-state index contributed by atoms with van der Waals surface area (Å²) in [4.78, 5) is 20.4. The molecule has 180 valence electrons. The van der Waals surface area contributed by atoms with Gasteiger partial charge in [-0.3, -0.25) is 14.9 Å². The van der Waals surface area contributed by atoms with E-state index in [2.05, 4.69) is 40.0 Å². The molecule has 0 fully saturated rings. The lowest BCUT2D eigenvalue weighted by atomic mass is 10.0. The fraction of sp³-hybridized carbons (Fsp3) is 0.250. The monoisotopic (exact) mass is 472 g/mol. The van der Waals surface area contributed by atoms with Crippen LogP contribution in [0.5, 0.6) is 0 Å². The van der Waals surface area contributed by atoms with Crippen LogP contribution >= 0.6 is 0 Å². The Labute approximate surface area is 203 Å². The third kappa shape index (κ3) is 4.92. The SMILES string of the molecule is Cc1[nH]ccc1CN(CCc1c[nH]c2cc(F)ccc12)C1CCc2cc(/C=C/C(=O)NO)ccc21. The molecule has 2 heterocycles. The molecule has 0 bridgehead atoms. The van der Waals surface area contributed by atoms with E-state index in [1.54, 1.807) is 17.6 Å². The maximum absolute atomic E-state index is 13.6. The predicted octanol–water partition coefficient (Wildman–Crippen LogP) is 5.19. The summed E-state index contributed by atoms with van der Waals surface area (Å²) in [5, 5.41) is 9.77. The Morgan fingerprint density at radius 2 is 2.09 bits per heavy atom. The molecular weight excluding hydrogens is 443 g/mol. The van der Waals surface area contributed by atoms with Gasteiger partial charge >= 0.3 is 0 Å². The molecule has 0 saturated carbocycles. The normalized spacial score (nSPS) is 15.4. The summed E-state index contributed by atoms with van der Waals surface area (Å²) in [6, 6.07) is 13.7. The zero-order valence-corrected chi connectivity index (χ0v) is 19.6. The smallest absolute Gasteiger partial charge is 0.267 e. The fourth-order valence-corrected chi connectivity index (χ4v) is 5.16. The molecule has 6 nitrogen and oxygen atoms in total. The number of aromatic amines is 2. The van der Waals surface area contributed by atoms with Crippen molar-refractivity contribution in [3.63, 3.8) is 0 Å². The molecule has 2 aromatic carbocycles. The van der Waals surface area contributed by atoms with Gasteiger partial charge in [-0.15, -0.1) is 0 Å². The van der Waals surface area contributed by atoms with Gasteiger partial charge in [0.15, 0.2) is 0 Å². The number of aromatic nitrogens is 2. The lowest BCUT2D eigenvalue weighted by molar-refractivity contribution is -0.124. The second-order valence-electron chi connectivity index (χ2n) is 9.17. The van der Waals surface area contributed by atoms with E-state index in [0.717, 1.165) is 48.8 Å². The number of rotatable bonds is 8. The van der Waals surface area contributed by atoms with E-state index in [0.29, 0.717) is 6.04 Å². The maximum atomic E-state index is 13.6. The minimum atomic E-state index is -0.545. The Balaban J connectivity index is 1.39. The zero-order chi connectivity index (χ0) is 24.4. The zero-order valence-electron chi connectivity index (χ0n) is 19.6. The van der Waals surface area contributed by atoms with Crippen LogP contribution in [0.15, 0.2) is 60.9 Å². The number of halogens is 1. The van der Waals surface area contributed by atoms with Crippen molar-refractivity contribution in [2.24, 2.45) is 0 Å². The van der Waals surface area contributed by atoms with E-state index in [1.165, 1.54) is 40.1 Å². The topological polar surface area (TPSA) is 84.2 Å². The lowest BCUT2D eigenvalue weighted by Gasteiger charge is -2.30. The quantitative estimate of drug-likeness (QED) is 0.162. The van der Waals surface area contributed by atoms with Gasteiger partial charge in [-0.1, -0.05) is 18.2 Å². The molecule has 35 heavy (non-hydrogen) atoms. The summed E-state index contributed by atoms with van der Waals surface area (Å²) in [5.41, 5.74) is 9.65. The molecule has 0 spiro atoms. The number of aryl methyl sites for hydroxylation is 2. The van der Waals surface area contributed by atoms with Gasteiger partial charge in [-0.25, -0.2) is 9.87 Å². The van der Waals surface area contributed by atoms with E-state index in [4.69, 9.17) is 5.21 Å². The van der Waals surface area contributed by atoms with Crippen LogP contribution in [-0.4, -0.2) is 32.5 Å². The summed E-state index contributed by atoms with van der Waals surface area (Å²) in [6.07, 6.45) is 9.87. The van der Waals surface area contributed by atoms with Gasteiger partial charge < -0.3 is 9.97 Å². The number of benzene rings is 2. The van der Waals surface area contributed by atoms with Crippen LogP contribution in [0.2, 0.25) is 0 Å². The van der Waals surface area contributed by atoms with Gasteiger partial charge in [0.05, 0.1) is 0 Å². The van der Waals surface area contributed by atoms with Crippen LogP contribution < -0.4 is 5.48 Å². The van der Waals surface area contributed by atoms with E-state index in [1.807, 2.05) is 24.5 Å². The summed E-state index contributed by atoms with van der Waals surface area (Å²) in [6.45, 7) is 3.82. The van der Waals surface area contributed by atoms with Crippen molar-refractivity contribution in [3.05, 3.63) is 100 Å². The number of hydrogen-bond acceptors (Lipinski definition) is 3. The number of hydroxylamine groups is 1. The average molecular weight is 473 g/mol. The molecular formula is C28H29FN4O2. The fourth-order valence-electron chi connectivity index (χ4n) is 5.16. The van der Waals surface area contributed by atoms with Crippen molar-refractivity contribution < 1.29 is 14.4 Å². The average Bonchev–Trinajstić information content (AvgIpc) is 3.58. The number of nitrogens with one attached hydrogen (secondary N) is 3. The van der Waals surface area contributed by atoms with Crippen LogP contribution in [0.1, 0.15) is 46.0 Å². The Bertz CT molecular complexity index is 1390. The highest BCUT2D eigenvalue weighted by Gasteiger charge is 2.28. The van der Waals surface area contributed by atoms with Crippen molar-refractivity contribution in [1.29, 1.82) is 0 Å². The number of hydrogen-bond donors (Lipinski definition) is 4. The van der Waals surface area contributed by atoms with Crippen molar-refractivity contribution in [1.82, 2.24) is 20.3 Å². The largest absolute Gasteiger partial charge is 0.365 e. The summed E-state index contributed by atoms with van der Waals surface area (Å²) < 4.78 is 13.6. The van der Waals surface area contributed by atoms with Crippen LogP contribution in [0.3, 0.4) is 0 Å². The molecule has 0 aliphatic heterocycles. The van der Waals surface area contributed by atoms with Crippen molar-refractivity contribution in [2.45, 2.75) is 38.8 Å². The Kier molecular flexibility index (Phi) is 6.53. The Morgan fingerprint density at radius 1 is 1.20 bits per heavy atom. The molecule has 2 aromatic heterocycles. The molecule has 0 radical (unpaired) electrons. The lowest BCUT2D eigenvalue weighted by Crippen LogP contribution is -2.29. The van der Waals surface area contributed by atoms with Crippen LogP contribution in [-0.2, 0) is 24.2 Å². The first-order valence-corrected chi connectivity index (χ1v) is 11.9. The minimum absolute atomic E-state index is 0.232. The van der Waals surface area contributed by atoms with Gasteiger partial charge in [0.25, 0.3) is 5.91 Å². The summed E-state index contributed by atoms with van der Waals surface area (Å²) in [7, 11) is 0. The first-order valence-electron chi connectivity index (χ1n) is 11.9. The van der Waals surface area contributed by atoms with Crippen LogP contribution in [0, 0.1) is 12.7 Å². The highest BCUT2D eigenvalue weighted by Crippen LogP contribution is 2.38. The van der Waals surface area contributed by atoms with Gasteiger partial charge in [0.1, 0.15) is 5.82 Å². The molecule has 7 heteroatoms. The van der Waals surface area contributed by atoms with Crippen molar-refractivity contribution in [3.8, 4) is 0 Å². The number of amides is 1. The molecule has 1 amide bonds. The van der Waals surface area contributed by atoms with Crippen molar-refractivity contribution >= 4 is 22.9 Å². The molecule has 1 aliphatic rings. The van der Waals surface area contributed by atoms with Gasteiger partial charge in [-0.2, -0.15) is 0 Å². The summed E-state index contributed by atoms with van der Waals surface area (Å²) >= 11 is 0. The van der Waals surface area contributed by atoms with E-state index in [-0.39, 0.29) is 5.82 Å². The standard InChI is InChI=1S/C28H29FN4O2/c1-18-22(10-12-30-18)17-33(13-11-21-16-31-26-15-23(29)5-7-24(21)26)27-8-4-20-14-19(2-6-25(20)27)3-9-28(34)32-35/h2-3,5-7,9-10,12,14-16,27,30-31,35H,4,8,11,13,17H2,1H3,(H,32,34)/b9-3+. The number of nitrogens with zero attached hydrogens (tertiary/aromatic N) is 1. The van der Waals surface area contributed by atoms with E-state index >= 15 is 0 Å². The first-order chi connectivity index (χ1) is 17.0. The molecule has 1 atom stereocenters. The minimum Gasteiger partial charge on any atom is -0.365 e. The first kappa shape index (κ1) is 23.1. The molecule has 1 aliphatic carbocycles. The van der Waals surface area contributed by atoms with Crippen LogP contribution in [0.4, 0.5) is 4.39 Å². The number of fused-ring (bicyclic) bond motifs is 2. The van der Waals surface area contributed by atoms with E-state index in [9.17, 15) is 9.18 Å². The number of carbonyl (C=O) groups excluding carboxylic acids is 1. The molecule has 4 aromatic rings. The third-order valence-electron chi connectivity index (χ3n) is 7.03. The highest BCUT2D eigenvalue weighted by molar-refractivity contribution is 5.90. The molecule has 4 N–H and O–H groups in total. The number of H-pyrrole nitrogens is 2. The number of carbonyl (C=O) groups is 1. The second-order valence-corrected chi connectivity index (χ2v) is 9.17. The summed E-state index contributed by atoms with van der Waals surface area (Å²) in [5.74, 6) is -0.777. The molecule has 1 unspecified atom stereocenters.